The summed E-state index contributed by atoms with van der Waals surface area (Å²) in [6.45, 7) is 2.36. The predicted molar refractivity (Wildman–Crippen MR) is 58.6 cm³/mol. The van der Waals surface area contributed by atoms with Gasteiger partial charge in [-0.1, -0.05) is 23.7 Å². The molecule has 2 heterocycles. The molecule has 2 aromatic rings. The Labute approximate surface area is 91.6 Å². The molecule has 0 atom stereocenters. The molecule has 1 aromatic heterocycles. The number of nitrogens with one attached hydrogen (secondary N) is 1. The smallest absolute Gasteiger partial charge is 0.147 e. The highest BCUT2D eigenvalue weighted by atomic mass is 35.5. The molecule has 0 saturated carbocycles. The summed E-state index contributed by atoms with van der Waals surface area (Å²) in [7, 11) is 0. The lowest BCUT2D eigenvalue weighted by atomic mass is 10.2. The van der Waals surface area contributed by atoms with Crippen molar-refractivity contribution in [2.45, 2.75) is 13.1 Å². The molecular weight excluding hydrogens is 215 g/mol. The van der Waals surface area contributed by atoms with Gasteiger partial charge in [0.2, 0.25) is 0 Å². The van der Waals surface area contributed by atoms with Crippen molar-refractivity contribution in [3.63, 3.8) is 0 Å². The van der Waals surface area contributed by atoms with E-state index >= 15 is 0 Å². The van der Waals surface area contributed by atoms with Gasteiger partial charge in [0.05, 0.1) is 16.2 Å². The molecule has 0 unspecified atom stereocenters. The molecule has 0 spiro atoms. The van der Waals surface area contributed by atoms with E-state index in [-0.39, 0.29) is 5.82 Å². The van der Waals surface area contributed by atoms with Crippen LogP contribution in [-0.4, -0.2) is 11.1 Å². The van der Waals surface area contributed by atoms with E-state index in [0.29, 0.717) is 17.1 Å². The van der Waals surface area contributed by atoms with Gasteiger partial charge >= 0.3 is 0 Å². The first-order valence-electron chi connectivity index (χ1n) is 4.95. The Hall–Kier alpha value is -1.06. The van der Waals surface area contributed by atoms with E-state index in [2.05, 4.69) is 5.32 Å². The van der Waals surface area contributed by atoms with Crippen molar-refractivity contribution >= 4 is 22.5 Å². The molecule has 3 rings (SSSR count). The fraction of sp³-hybridized carbons (Fsp3) is 0.273. The zero-order valence-electron chi connectivity index (χ0n) is 8.06. The normalized spacial score (nSPS) is 15.6. The number of fused-ring (bicyclic) bond motifs is 3. The Morgan fingerprint density at radius 1 is 1.40 bits per heavy atom. The summed E-state index contributed by atoms with van der Waals surface area (Å²) >= 11 is 6.22. The highest BCUT2D eigenvalue weighted by molar-refractivity contribution is 6.36. The van der Waals surface area contributed by atoms with Crippen LogP contribution in [0.2, 0.25) is 5.02 Å². The summed E-state index contributed by atoms with van der Waals surface area (Å²) < 4.78 is 15.7. The number of halogens is 2. The number of aromatic nitrogens is 1. The van der Waals surface area contributed by atoms with Gasteiger partial charge in [-0.25, -0.2) is 4.39 Å². The van der Waals surface area contributed by atoms with Gasteiger partial charge in [-0.15, -0.1) is 0 Å². The Morgan fingerprint density at radius 2 is 2.27 bits per heavy atom. The Balaban J connectivity index is 2.44. The van der Waals surface area contributed by atoms with Crippen LogP contribution in [0, 0.1) is 5.82 Å². The third kappa shape index (κ3) is 1.20. The minimum Gasteiger partial charge on any atom is -0.338 e. The summed E-state index contributed by atoms with van der Waals surface area (Å²) in [4.78, 5) is 0. The lowest BCUT2D eigenvalue weighted by Crippen LogP contribution is -2.27. The van der Waals surface area contributed by atoms with Crippen molar-refractivity contribution in [2.75, 3.05) is 6.54 Å². The number of para-hydroxylation sites is 1. The molecule has 15 heavy (non-hydrogen) atoms. The first-order chi connectivity index (χ1) is 7.29. The molecule has 0 saturated heterocycles. The van der Waals surface area contributed by atoms with Crippen molar-refractivity contribution in [1.82, 2.24) is 9.88 Å². The van der Waals surface area contributed by atoms with Crippen LogP contribution in [0.4, 0.5) is 4.39 Å². The van der Waals surface area contributed by atoms with Crippen molar-refractivity contribution in [1.29, 1.82) is 0 Å². The second kappa shape index (κ2) is 3.22. The van der Waals surface area contributed by atoms with E-state index in [1.165, 1.54) is 6.07 Å². The molecule has 0 fully saturated rings. The standard InChI is InChI=1S/C11H10ClFN2/c12-10-7-2-1-3-8(13)11(7)15-5-4-14-6-9(10)15/h1-3,14H,4-6H2. The Bertz CT molecular complexity index is 533. The van der Waals surface area contributed by atoms with E-state index in [9.17, 15) is 4.39 Å². The van der Waals surface area contributed by atoms with Crippen LogP contribution in [-0.2, 0) is 13.1 Å². The molecule has 1 aromatic carbocycles. The van der Waals surface area contributed by atoms with Crippen molar-refractivity contribution in [3.05, 3.63) is 34.7 Å². The van der Waals surface area contributed by atoms with Crippen molar-refractivity contribution in [2.24, 2.45) is 0 Å². The highest BCUT2D eigenvalue weighted by Crippen LogP contribution is 2.33. The van der Waals surface area contributed by atoms with Gasteiger partial charge in [0, 0.05) is 25.0 Å². The third-order valence-electron chi connectivity index (χ3n) is 2.88. The molecule has 1 aliphatic rings. The van der Waals surface area contributed by atoms with Crippen molar-refractivity contribution < 1.29 is 4.39 Å². The second-order valence-electron chi connectivity index (χ2n) is 3.73. The number of hydrogen-bond acceptors (Lipinski definition) is 1. The molecular formula is C11H10ClFN2. The number of rotatable bonds is 0. The van der Waals surface area contributed by atoms with Crippen molar-refractivity contribution in [3.8, 4) is 0 Å². The van der Waals surface area contributed by atoms with Gasteiger partial charge in [0.25, 0.3) is 0 Å². The lowest BCUT2D eigenvalue weighted by molar-refractivity contribution is 0.519. The first kappa shape index (κ1) is 9.19. The van der Waals surface area contributed by atoms with E-state index in [0.717, 1.165) is 24.2 Å². The maximum Gasteiger partial charge on any atom is 0.147 e. The van der Waals surface area contributed by atoms with Gasteiger partial charge < -0.3 is 9.88 Å². The molecule has 4 heteroatoms. The van der Waals surface area contributed by atoms with Crippen LogP contribution >= 0.6 is 11.6 Å². The average molecular weight is 225 g/mol. The van der Waals surface area contributed by atoms with Crippen LogP contribution in [0.1, 0.15) is 5.69 Å². The lowest BCUT2D eigenvalue weighted by Gasteiger charge is -2.17. The van der Waals surface area contributed by atoms with Crippen LogP contribution in [0.15, 0.2) is 18.2 Å². The maximum absolute atomic E-state index is 13.7. The van der Waals surface area contributed by atoms with E-state index in [4.69, 9.17) is 11.6 Å². The number of nitrogens with zero attached hydrogens (tertiary/aromatic N) is 1. The number of hydrogen-bond donors (Lipinski definition) is 1. The van der Waals surface area contributed by atoms with Crippen LogP contribution in [0.3, 0.4) is 0 Å². The fourth-order valence-electron chi connectivity index (χ4n) is 2.19. The van der Waals surface area contributed by atoms with Crippen LogP contribution in [0.25, 0.3) is 10.9 Å². The highest BCUT2D eigenvalue weighted by Gasteiger charge is 2.19. The maximum atomic E-state index is 13.7. The molecule has 0 bridgehead atoms. The van der Waals surface area contributed by atoms with Gasteiger partial charge in [0.1, 0.15) is 5.82 Å². The molecule has 0 amide bonds. The molecule has 1 N–H and O–H groups in total. The quantitative estimate of drug-likeness (QED) is 0.728. The summed E-state index contributed by atoms with van der Waals surface area (Å²) in [5.74, 6) is -0.192. The molecule has 78 valence electrons. The third-order valence-corrected chi connectivity index (χ3v) is 3.30. The summed E-state index contributed by atoms with van der Waals surface area (Å²) in [5, 5.41) is 4.73. The minimum absolute atomic E-state index is 0.192. The van der Waals surface area contributed by atoms with Gasteiger partial charge in [0.15, 0.2) is 0 Å². The van der Waals surface area contributed by atoms with Crippen LogP contribution in [0.5, 0.6) is 0 Å². The largest absolute Gasteiger partial charge is 0.338 e. The van der Waals surface area contributed by atoms with Crippen LogP contribution < -0.4 is 5.32 Å². The summed E-state index contributed by atoms with van der Waals surface area (Å²) in [5.41, 5.74) is 1.63. The zero-order chi connectivity index (χ0) is 10.4. The van der Waals surface area contributed by atoms with Gasteiger partial charge in [-0.05, 0) is 6.07 Å². The SMILES string of the molecule is Fc1cccc2c(Cl)c3n(c12)CCNC3. The van der Waals surface area contributed by atoms with E-state index < -0.39 is 0 Å². The monoisotopic (exact) mass is 224 g/mol. The average Bonchev–Trinajstić information content (AvgIpc) is 2.55. The van der Waals surface area contributed by atoms with E-state index in [1.807, 2.05) is 10.6 Å². The second-order valence-corrected chi connectivity index (χ2v) is 4.10. The predicted octanol–water partition coefficient (Wildman–Crippen LogP) is 2.54. The number of benzene rings is 1. The minimum atomic E-state index is -0.192. The molecule has 0 aliphatic carbocycles. The first-order valence-corrected chi connectivity index (χ1v) is 5.32. The Morgan fingerprint density at radius 3 is 3.13 bits per heavy atom. The van der Waals surface area contributed by atoms with E-state index in [1.54, 1.807) is 6.07 Å². The molecule has 2 nitrogen and oxygen atoms in total. The topological polar surface area (TPSA) is 17.0 Å². The molecule has 1 aliphatic heterocycles. The van der Waals surface area contributed by atoms with Gasteiger partial charge in [-0.2, -0.15) is 0 Å². The zero-order valence-corrected chi connectivity index (χ0v) is 8.81. The fourth-order valence-corrected chi connectivity index (χ4v) is 2.51. The Kier molecular flexibility index (Phi) is 1.97. The summed E-state index contributed by atoms with van der Waals surface area (Å²) in [6, 6.07) is 5.04. The van der Waals surface area contributed by atoms with Gasteiger partial charge in [-0.3, -0.25) is 0 Å². The molecule has 0 radical (unpaired) electrons. The summed E-state index contributed by atoms with van der Waals surface area (Å²) in [6.07, 6.45) is 0.